The maximum absolute atomic E-state index is 4.61. The van der Waals surface area contributed by atoms with Crippen molar-refractivity contribution in [3.05, 3.63) is 26.8 Å². The van der Waals surface area contributed by atoms with Crippen molar-refractivity contribution in [2.24, 2.45) is 0 Å². The number of halogens is 1. The fourth-order valence-electron chi connectivity index (χ4n) is 1.54. The normalized spacial score (nSPS) is 10.6. The summed E-state index contributed by atoms with van der Waals surface area (Å²) in [7, 11) is 0. The fraction of sp³-hybridized carbons (Fsp3) is 0.385. The zero-order valence-corrected chi connectivity index (χ0v) is 13.5. The lowest BCUT2D eigenvalue weighted by molar-refractivity contribution is 0.963. The number of nitrogens with one attached hydrogen (secondary N) is 1. The third kappa shape index (κ3) is 3.20. The molecule has 0 fully saturated rings. The second-order valence-corrected chi connectivity index (χ2v) is 6.27. The van der Waals surface area contributed by atoms with Crippen molar-refractivity contribution < 1.29 is 0 Å². The van der Waals surface area contributed by atoms with Crippen molar-refractivity contribution in [2.45, 2.75) is 26.7 Å². The minimum Gasteiger partial charge on any atom is -0.369 e. The summed E-state index contributed by atoms with van der Waals surface area (Å²) in [6.07, 6.45) is 4.04. The third-order valence-electron chi connectivity index (χ3n) is 2.52. The van der Waals surface area contributed by atoms with Gasteiger partial charge in [0.05, 0.1) is 8.45 Å². The monoisotopic (exact) mass is 373 g/mol. The van der Waals surface area contributed by atoms with E-state index >= 15 is 0 Å². The van der Waals surface area contributed by atoms with Crippen LogP contribution < -0.4 is 5.32 Å². The van der Waals surface area contributed by atoms with E-state index in [0.717, 1.165) is 39.5 Å². The van der Waals surface area contributed by atoms with Gasteiger partial charge in [-0.3, -0.25) is 0 Å². The van der Waals surface area contributed by atoms with Crippen molar-refractivity contribution in [3.8, 4) is 10.7 Å². The molecule has 0 bridgehead atoms. The quantitative estimate of drug-likeness (QED) is 0.799. The molecule has 18 heavy (non-hydrogen) atoms. The molecule has 1 N–H and O–H groups in total. The number of hydrogen-bond donors (Lipinski definition) is 1. The van der Waals surface area contributed by atoms with Crippen LogP contribution >= 0.6 is 33.9 Å². The van der Waals surface area contributed by atoms with Crippen LogP contribution in [0.25, 0.3) is 10.7 Å². The molecule has 96 valence electrons. The van der Waals surface area contributed by atoms with Crippen LogP contribution in [0.15, 0.2) is 18.3 Å². The van der Waals surface area contributed by atoms with Crippen molar-refractivity contribution in [3.63, 3.8) is 0 Å². The zero-order chi connectivity index (χ0) is 13.0. The van der Waals surface area contributed by atoms with Gasteiger partial charge in [-0.15, -0.1) is 11.3 Å². The van der Waals surface area contributed by atoms with Gasteiger partial charge in [0.1, 0.15) is 5.82 Å². The van der Waals surface area contributed by atoms with Crippen LogP contribution in [0.2, 0.25) is 0 Å². The van der Waals surface area contributed by atoms with Gasteiger partial charge in [-0.05, 0) is 47.6 Å². The van der Waals surface area contributed by atoms with Gasteiger partial charge in [0.2, 0.25) is 0 Å². The van der Waals surface area contributed by atoms with E-state index in [2.05, 4.69) is 63.9 Å². The first-order valence-electron chi connectivity index (χ1n) is 6.10. The Kier molecular flexibility index (Phi) is 4.94. The summed E-state index contributed by atoms with van der Waals surface area (Å²) in [6, 6.07) is 4.26. The van der Waals surface area contributed by atoms with Crippen LogP contribution in [0.4, 0.5) is 5.82 Å². The lowest BCUT2D eigenvalue weighted by atomic mass is 10.3. The molecule has 3 nitrogen and oxygen atoms in total. The highest BCUT2D eigenvalue weighted by atomic mass is 127. The number of rotatable bonds is 5. The lowest BCUT2D eigenvalue weighted by Crippen LogP contribution is -2.05. The average Bonchev–Trinajstić information content (AvgIpc) is 2.86. The summed E-state index contributed by atoms with van der Waals surface area (Å²) in [5.41, 5.74) is 0. The van der Waals surface area contributed by atoms with Crippen LogP contribution in [0.1, 0.15) is 25.1 Å². The fourth-order valence-corrected chi connectivity index (χ4v) is 2.88. The van der Waals surface area contributed by atoms with Crippen molar-refractivity contribution in [1.82, 2.24) is 9.97 Å². The molecule has 0 saturated heterocycles. The third-order valence-corrected chi connectivity index (χ3v) is 4.53. The van der Waals surface area contributed by atoms with Crippen LogP contribution in [0.3, 0.4) is 0 Å². The smallest absolute Gasteiger partial charge is 0.171 e. The summed E-state index contributed by atoms with van der Waals surface area (Å²) >= 11 is 4.03. The van der Waals surface area contributed by atoms with Gasteiger partial charge in [0.15, 0.2) is 5.82 Å². The Bertz CT molecular complexity index is 525. The molecule has 0 aromatic carbocycles. The Labute approximate surface area is 125 Å². The molecule has 5 heteroatoms. The van der Waals surface area contributed by atoms with E-state index in [1.165, 1.54) is 4.88 Å². The van der Waals surface area contributed by atoms with Gasteiger partial charge in [0, 0.05) is 17.6 Å². The molecular formula is C13H16IN3S. The van der Waals surface area contributed by atoms with E-state index in [1.54, 1.807) is 11.3 Å². The van der Waals surface area contributed by atoms with E-state index in [0.29, 0.717) is 0 Å². The van der Waals surface area contributed by atoms with E-state index in [1.807, 2.05) is 6.20 Å². The first-order chi connectivity index (χ1) is 8.74. The highest BCUT2D eigenvalue weighted by molar-refractivity contribution is 14.1. The maximum atomic E-state index is 4.61. The standard InChI is InChI=1S/C13H16IN3S/c1-3-7-15-12-10(14)8-16-13(17-12)11-6-5-9(4-2)18-11/h5-6,8H,3-4,7H2,1-2H3,(H,15,16,17). The van der Waals surface area contributed by atoms with E-state index in [4.69, 9.17) is 0 Å². The Hall–Kier alpha value is -0.690. The molecule has 0 radical (unpaired) electrons. The minimum atomic E-state index is 0.818. The number of aromatic nitrogens is 2. The minimum absolute atomic E-state index is 0.818. The number of anilines is 1. The highest BCUT2D eigenvalue weighted by Crippen LogP contribution is 2.27. The molecule has 0 aliphatic rings. The number of aryl methyl sites for hydroxylation is 1. The largest absolute Gasteiger partial charge is 0.369 e. The van der Waals surface area contributed by atoms with Crippen LogP contribution in [0.5, 0.6) is 0 Å². The number of hydrogen-bond acceptors (Lipinski definition) is 4. The summed E-state index contributed by atoms with van der Waals surface area (Å²) in [5.74, 6) is 1.76. The Balaban J connectivity index is 2.28. The van der Waals surface area contributed by atoms with Gasteiger partial charge in [-0.25, -0.2) is 9.97 Å². The molecule has 0 atom stereocenters. The van der Waals surface area contributed by atoms with Crippen LogP contribution in [-0.4, -0.2) is 16.5 Å². The molecule has 0 amide bonds. The Morgan fingerprint density at radius 1 is 1.33 bits per heavy atom. The Morgan fingerprint density at radius 3 is 2.83 bits per heavy atom. The first kappa shape index (κ1) is 13.7. The average molecular weight is 373 g/mol. The van der Waals surface area contributed by atoms with Crippen LogP contribution in [-0.2, 0) is 6.42 Å². The second-order valence-electron chi connectivity index (χ2n) is 3.94. The molecule has 0 unspecified atom stereocenters. The maximum Gasteiger partial charge on any atom is 0.171 e. The molecule has 2 aromatic rings. The highest BCUT2D eigenvalue weighted by Gasteiger charge is 2.08. The predicted octanol–water partition coefficient (Wildman–Crippen LogP) is 4.19. The number of thiophene rings is 1. The molecule has 2 heterocycles. The van der Waals surface area contributed by atoms with Gasteiger partial charge < -0.3 is 5.32 Å². The molecule has 0 spiro atoms. The lowest BCUT2D eigenvalue weighted by Gasteiger charge is -2.07. The van der Waals surface area contributed by atoms with Gasteiger partial charge in [0.25, 0.3) is 0 Å². The van der Waals surface area contributed by atoms with Gasteiger partial charge in [-0.1, -0.05) is 13.8 Å². The topological polar surface area (TPSA) is 37.8 Å². The van der Waals surface area contributed by atoms with Gasteiger partial charge >= 0.3 is 0 Å². The van der Waals surface area contributed by atoms with E-state index < -0.39 is 0 Å². The van der Waals surface area contributed by atoms with Gasteiger partial charge in [-0.2, -0.15) is 0 Å². The molecule has 2 rings (SSSR count). The number of nitrogens with zero attached hydrogens (tertiary/aromatic N) is 2. The molecule has 0 saturated carbocycles. The predicted molar refractivity (Wildman–Crippen MR) is 86.2 cm³/mol. The molecule has 2 aromatic heterocycles. The van der Waals surface area contributed by atoms with Crippen molar-refractivity contribution >= 4 is 39.7 Å². The van der Waals surface area contributed by atoms with E-state index in [9.17, 15) is 0 Å². The molecular weight excluding hydrogens is 357 g/mol. The zero-order valence-electron chi connectivity index (χ0n) is 10.5. The van der Waals surface area contributed by atoms with E-state index in [-0.39, 0.29) is 0 Å². The summed E-state index contributed by atoms with van der Waals surface area (Å²) in [6.45, 7) is 5.25. The summed E-state index contributed by atoms with van der Waals surface area (Å²) in [4.78, 5) is 11.5. The SMILES string of the molecule is CCCNc1nc(-c2ccc(CC)s2)ncc1I. The molecule has 0 aliphatic carbocycles. The first-order valence-corrected chi connectivity index (χ1v) is 7.99. The van der Waals surface area contributed by atoms with Crippen LogP contribution in [0, 0.1) is 3.57 Å². The van der Waals surface area contributed by atoms with Crippen molar-refractivity contribution in [1.29, 1.82) is 0 Å². The molecule has 0 aliphatic heterocycles. The van der Waals surface area contributed by atoms with Crippen molar-refractivity contribution in [2.75, 3.05) is 11.9 Å². The summed E-state index contributed by atoms with van der Waals surface area (Å²) < 4.78 is 1.07. The Morgan fingerprint density at radius 2 is 2.17 bits per heavy atom. The summed E-state index contributed by atoms with van der Waals surface area (Å²) in [5, 5.41) is 3.34. The second kappa shape index (κ2) is 6.47.